The van der Waals surface area contributed by atoms with E-state index in [2.05, 4.69) is 32.5 Å². The molecule has 3 rings (SSSR count). The third-order valence-electron chi connectivity index (χ3n) is 3.15. The van der Waals surface area contributed by atoms with Crippen molar-refractivity contribution in [3.8, 4) is 6.07 Å². The molecule has 0 saturated carbocycles. The molecule has 0 bridgehead atoms. The molecule has 1 unspecified atom stereocenters. The van der Waals surface area contributed by atoms with Crippen molar-refractivity contribution in [2.75, 3.05) is 0 Å². The second-order valence-corrected chi connectivity index (χ2v) is 7.16. The van der Waals surface area contributed by atoms with Gasteiger partial charge in [-0.05, 0) is 42.0 Å². The second kappa shape index (κ2) is 8.89. The van der Waals surface area contributed by atoms with Crippen LogP contribution in [0.4, 0.5) is 0 Å². The summed E-state index contributed by atoms with van der Waals surface area (Å²) in [4.78, 5) is 0.172. The van der Waals surface area contributed by atoms with E-state index < -0.39 is 0 Å². The Balaban J connectivity index is 0.000000174. The van der Waals surface area contributed by atoms with Crippen molar-refractivity contribution in [3.63, 3.8) is 0 Å². The molecule has 122 valence electrons. The Morgan fingerprint density at radius 2 is 1.83 bits per heavy atom. The lowest BCUT2D eigenvalue weighted by molar-refractivity contribution is 0.849. The number of hydrazone groups is 1. The molecule has 1 atom stereocenters. The largest absolute Gasteiger partial charge is 0.280 e. The molecule has 1 aliphatic heterocycles. The van der Waals surface area contributed by atoms with Gasteiger partial charge < -0.3 is 0 Å². The standard InChI is InChI=1S/C11H7N.C7H7BrCl2N2/c12-8-9-5-6-10-3-1-2-4-11(10)7-9;1-4(8)6-2-5(9)3-7(10)12-11-6/h1-7H;2-4,11H,1H3. The van der Waals surface area contributed by atoms with E-state index in [1.165, 1.54) is 5.39 Å². The predicted molar refractivity (Wildman–Crippen MR) is 105 cm³/mol. The fourth-order valence-electron chi connectivity index (χ4n) is 1.95. The summed E-state index contributed by atoms with van der Waals surface area (Å²) in [6.07, 6.45) is 3.36. The van der Waals surface area contributed by atoms with Crippen molar-refractivity contribution in [2.24, 2.45) is 5.10 Å². The lowest BCUT2D eigenvalue weighted by Crippen LogP contribution is -2.12. The summed E-state index contributed by atoms with van der Waals surface area (Å²) in [5.41, 5.74) is 4.39. The Morgan fingerprint density at radius 1 is 1.12 bits per heavy atom. The Morgan fingerprint density at radius 3 is 2.50 bits per heavy atom. The molecular weight excluding hydrogens is 409 g/mol. The number of alkyl halides is 1. The molecular formula is C18H14BrCl2N3. The van der Waals surface area contributed by atoms with Crippen LogP contribution in [0.15, 0.2) is 70.4 Å². The highest BCUT2D eigenvalue weighted by Gasteiger charge is 2.07. The monoisotopic (exact) mass is 421 g/mol. The third kappa shape index (κ3) is 5.38. The zero-order valence-electron chi connectivity index (χ0n) is 12.8. The molecule has 0 radical (unpaired) electrons. The second-order valence-electron chi connectivity index (χ2n) is 4.96. The molecule has 0 saturated heterocycles. The molecule has 0 spiro atoms. The molecule has 0 amide bonds. The number of allylic oxidation sites excluding steroid dienone is 4. The number of benzene rings is 2. The van der Waals surface area contributed by atoms with Crippen molar-refractivity contribution in [3.05, 3.63) is 70.9 Å². The van der Waals surface area contributed by atoms with Gasteiger partial charge in [0.1, 0.15) is 0 Å². The van der Waals surface area contributed by atoms with Crippen LogP contribution in [0.3, 0.4) is 0 Å². The maximum Gasteiger partial charge on any atom is 0.150 e. The Bertz CT molecular complexity index is 864. The molecule has 0 aromatic heterocycles. The smallest absolute Gasteiger partial charge is 0.150 e. The number of nitriles is 1. The molecule has 2 aromatic carbocycles. The maximum absolute atomic E-state index is 8.65. The third-order valence-corrected chi connectivity index (χ3v) is 4.05. The topological polar surface area (TPSA) is 48.2 Å². The maximum atomic E-state index is 8.65. The number of hydrogen-bond acceptors (Lipinski definition) is 3. The van der Waals surface area contributed by atoms with E-state index in [9.17, 15) is 0 Å². The summed E-state index contributed by atoms with van der Waals surface area (Å²) in [5, 5.41) is 15.7. The zero-order chi connectivity index (χ0) is 17.5. The van der Waals surface area contributed by atoms with Crippen LogP contribution in [-0.4, -0.2) is 10.00 Å². The lowest BCUT2D eigenvalue weighted by atomic mass is 10.1. The van der Waals surface area contributed by atoms with E-state index >= 15 is 0 Å². The van der Waals surface area contributed by atoms with Crippen molar-refractivity contribution in [1.82, 2.24) is 5.43 Å². The van der Waals surface area contributed by atoms with Gasteiger partial charge in [-0.3, -0.25) is 5.43 Å². The first-order chi connectivity index (χ1) is 11.5. The number of fused-ring (bicyclic) bond motifs is 1. The Labute approximate surface area is 159 Å². The lowest BCUT2D eigenvalue weighted by Gasteiger charge is -2.06. The minimum absolute atomic E-state index is 0.172. The molecule has 1 N–H and O–H groups in total. The average Bonchev–Trinajstić information content (AvgIpc) is 2.75. The van der Waals surface area contributed by atoms with Gasteiger partial charge in [0.25, 0.3) is 0 Å². The van der Waals surface area contributed by atoms with Gasteiger partial charge in [0.05, 0.1) is 16.5 Å². The molecule has 6 heteroatoms. The van der Waals surface area contributed by atoms with Crippen LogP contribution in [0.5, 0.6) is 0 Å². The van der Waals surface area contributed by atoms with Crippen LogP contribution < -0.4 is 5.43 Å². The van der Waals surface area contributed by atoms with Crippen LogP contribution >= 0.6 is 39.1 Å². The Kier molecular flexibility index (Phi) is 6.86. The van der Waals surface area contributed by atoms with Gasteiger partial charge in [-0.1, -0.05) is 69.5 Å². The minimum Gasteiger partial charge on any atom is -0.280 e. The van der Waals surface area contributed by atoms with Gasteiger partial charge in [0.15, 0.2) is 5.17 Å². The highest BCUT2D eigenvalue weighted by Crippen LogP contribution is 2.17. The zero-order valence-corrected chi connectivity index (χ0v) is 15.9. The number of halogens is 3. The van der Waals surface area contributed by atoms with E-state index in [1.807, 2.05) is 49.4 Å². The molecule has 0 fully saturated rings. The summed E-state index contributed by atoms with van der Waals surface area (Å²) in [6.45, 7) is 1.97. The van der Waals surface area contributed by atoms with Crippen molar-refractivity contribution in [1.29, 1.82) is 5.26 Å². The number of nitrogens with zero attached hydrogens (tertiary/aromatic N) is 2. The Hall–Kier alpha value is -1.80. The van der Waals surface area contributed by atoms with E-state index in [1.54, 1.807) is 12.2 Å². The fraction of sp³-hybridized carbons (Fsp3) is 0.111. The van der Waals surface area contributed by atoms with Gasteiger partial charge in [-0.25, -0.2) is 0 Å². The van der Waals surface area contributed by atoms with Crippen molar-refractivity contribution >= 4 is 55.1 Å². The van der Waals surface area contributed by atoms with Gasteiger partial charge in [-0.2, -0.15) is 10.4 Å². The average molecular weight is 423 g/mol. The van der Waals surface area contributed by atoms with Gasteiger partial charge in [0, 0.05) is 10.7 Å². The SMILES string of the molecule is CC(Br)C1=CC(Cl)=CC(Cl)=NN1.N#Cc1ccc2ccccc2c1. The quantitative estimate of drug-likeness (QED) is 0.604. The first-order valence-electron chi connectivity index (χ1n) is 7.10. The summed E-state index contributed by atoms with van der Waals surface area (Å²) < 4.78 is 0. The normalized spacial score (nSPS) is 14.7. The van der Waals surface area contributed by atoms with Gasteiger partial charge in [-0.15, -0.1) is 0 Å². The molecule has 24 heavy (non-hydrogen) atoms. The first-order valence-corrected chi connectivity index (χ1v) is 8.77. The highest BCUT2D eigenvalue weighted by atomic mass is 79.9. The van der Waals surface area contributed by atoms with E-state index in [0.29, 0.717) is 15.8 Å². The summed E-state index contributed by atoms with van der Waals surface area (Å²) >= 11 is 14.9. The minimum atomic E-state index is 0.172. The van der Waals surface area contributed by atoms with E-state index in [0.717, 1.165) is 11.1 Å². The van der Waals surface area contributed by atoms with Crippen molar-refractivity contribution < 1.29 is 0 Å². The molecule has 1 aliphatic rings. The predicted octanol–water partition coefficient (Wildman–Crippen LogP) is 5.64. The van der Waals surface area contributed by atoms with E-state index in [-0.39, 0.29) is 4.83 Å². The van der Waals surface area contributed by atoms with Crippen LogP contribution in [0, 0.1) is 11.3 Å². The van der Waals surface area contributed by atoms with Crippen LogP contribution in [0.25, 0.3) is 10.8 Å². The summed E-state index contributed by atoms with van der Waals surface area (Å²) in [5.74, 6) is 0. The molecule has 1 heterocycles. The first kappa shape index (κ1) is 18.5. The molecule has 3 nitrogen and oxygen atoms in total. The molecule has 0 aliphatic carbocycles. The summed E-state index contributed by atoms with van der Waals surface area (Å²) in [7, 11) is 0. The number of nitrogens with one attached hydrogen (secondary N) is 1. The highest BCUT2D eigenvalue weighted by molar-refractivity contribution is 9.09. The van der Waals surface area contributed by atoms with Crippen LogP contribution in [0.2, 0.25) is 0 Å². The van der Waals surface area contributed by atoms with Crippen LogP contribution in [-0.2, 0) is 0 Å². The number of hydrogen-bond donors (Lipinski definition) is 1. The van der Waals surface area contributed by atoms with Gasteiger partial charge in [0.2, 0.25) is 0 Å². The fourth-order valence-corrected chi connectivity index (χ4v) is 2.62. The van der Waals surface area contributed by atoms with Crippen molar-refractivity contribution in [2.45, 2.75) is 11.8 Å². The molecule has 2 aromatic rings. The van der Waals surface area contributed by atoms with Crippen LogP contribution in [0.1, 0.15) is 12.5 Å². The van der Waals surface area contributed by atoms with Gasteiger partial charge >= 0.3 is 0 Å². The van der Waals surface area contributed by atoms with E-state index in [4.69, 9.17) is 28.5 Å². The number of rotatable bonds is 1. The summed E-state index contributed by atoms with van der Waals surface area (Å²) in [6, 6.07) is 15.8.